The summed E-state index contributed by atoms with van der Waals surface area (Å²) in [5, 5.41) is 2.44. The first-order valence-electron chi connectivity index (χ1n) is 6.07. The first-order chi connectivity index (χ1) is 10.0. The van der Waals surface area contributed by atoms with Crippen LogP contribution in [0, 0.1) is 6.92 Å². The number of ether oxygens (including phenoxy) is 1. The van der Waals surface area contributed by atoms with E-state index in [4.69, 9.17) is 0 Å². The largest absolute Gasteiger partial charge is 0.465 e. The summed E-state index contributed by atoms with van der Waals surface area (Å²) in [5.41, 5.74) is 0.598. The Bertz CT molecular complexity index is 752. The zero-order valence-corrected chi connectivity index (χ0v) is 11.5. The predicted molar refractivity (Wildman–Crippen MR) is 75.3 cm³/mol. The Kier molecular flexibility index (Phi) is 4.13. The lowest BCUT2D eigenvalue weighted by Gasteiger charge is -2.05. The zero-order chi connectivity index (χ0) is 15.4. The maximum absolute atomic E-state index is 12.0. The Morgan fingerprint density at radius 1 is 1.29 bits per heavy atom. The Morgan fingerprint density at radius 3 is 2.71 bits per heavy atom. The molecule has 0 spiro atoms. The fourth-order valence-electron chi connectivity index (χ4n) is 1.66. The van der Waals surface area contributed by atoms with Crippen molar-refractivity contribution in [3.05, 3.63) is 57.8 Å². The number of methoxy groups -OCH3 is 1. The van der Waals surface area contributed by atoms with E-state index in [-0.39, 0.29) is 16.9 Å². The van der Waals surface area contributed by atoms with Crippen molar-refractivity contribution in [3.8, 4) is 0 Å². The zero-order valence-electron chi connectivity index (χ0n) is 11.5. The van der Waals surface area contributed by atoms with Crippen molar-refractivity contribution >= 4 is 17.6 Å². The second-order valence-corrected chi connectivity index (χ2v) is 4.26. The van der Waals surface area contributed by atoms with Gasteiger partial charge in [-0.1, -0.05) is 0 Å². The van der Waals surface area contributed by atoms with E-state index in [1.54, 1.807) is 13.0 Å². The minimum absolute atomic E-state index is 0.0119. The van der Waals surface area contributed by atoms with Crippen molar-refractivity contribution in [3.63, 3.8) is 0 Å². The lowest BCUT2D eigenvalue weighted by atomic mass is 10.2. The molecule has 0 unspecified atom stereocenters. The van der Waals surface area contributed by atoms with E-state index in [0.717, 1.165) is 0 Å². The van der Waals surface area contributed by atoms with Gasteiger partial charge in [-0.25, -0.2) is 4.79 Å². The summed E-state index contributed by atoms with van der Waals surface area (Å²) in [6.45, 7) is 1.73. The van der Waals surface area contributed by atoms with Gasteiger partial charge in [0.15, 0.2) is 0 Å². The maximum Gasteiger partial charge on any atom is 0.337 e. The number of nitrogens with one attached hydrogen (secondary N) is 2. The number of aryl methyl sites for hydroxylation is 1. The smallest absolute Gasteiger partial charge is 0.337 e. The number of nitrogens with zero attached hydrogens (tertiary/aromatic N) is 1. The second kappa shape index (κ2) is 6.00. The van der Waals surface area contributed by atoms with E-state index < -0.39 is 17.4 Å². The number of esters is 1. The minimum Gasteiger partial charge on any atom is -0.465 e. The molecule has 0 aliphatic carbocycles. The van der Waals surface area contributed by atoms with Gasteiger partial charge >= 0.3 is 5.97 Å². The van der Waals surface area contributed by atoms with Gasteiger partial charge in [-0.2, -0.15) is 0 Å². The monoisotopic (exact) mass is 287 g/mol. The number of amides is 1. The Balaban J connectivity index is 2.24. The van der Waals surface area contributed by atoms with Gasteiger partial charge in [0.2, 0.25) is 0 Å². The topological polar surface area (TPSA) is 101 Å². The summed E-state index contributed by atoms with van der Waals surface area (Å²) in [5.74, 6) is -1.16. The number of pyridine rings is 2. The number of aromatic nitrogens is 2. The highest BCUT2D eigenvalue weighted by Gasteiger charge is 2.13. The Hall–Kier alpha value is -2.96. The average molecular weight is 287 g/mol. The van der Waals surface area contributed by atoms with E-state index >= 15 is 0 Å². The van der Waals surface area contributed by atoms with E-state index in [1.807, 2.05) is 0 Å². The lowest BCUT2D eigenvalue weighted by molar-refractivity contribution is 0.0600. The first kappa shape index (κ1) is 14.4. The van der Waals surface area contributed by atoms with Gasteiger partial charge in [0, 0.05) is 11.9 Å². The van der Waals surface area contributed by atoms with Crippen LogP contribution in [0.15, 0.2) is 35.3 Å². The second-order valence-electron chi connectivity index (χ2n) is 4.26. The molecular weight excluding hydrogens is 274 g/mol. The molecule has 21 heavy (non-hydrogen) atoms. The van der Waals surface area contributed by atoms with Crippen molar-refractivity contribution in [1.29, 1.82) is 0 Å². The normalized spacial score (nSPS) is 10.0. The molecule has 1 amide bonds. The summed E-state index contributed by atoms with van der Waals surface area (Å²) < 4.78 is 4.57. The third-order valence-corrected chi connectivity index (χ3v) is 2.72. The third-order valence-electron chi connectivity index (χ3n) is 2.72. The number of hydrogen-bond acceptors (Lipinski definition) is 5. The van der Waals surface area contributed by atoms with Crippen LogP contribution < -0.4 is 10.9 Å². The fourth-order valence-corrected chi connectivity index (χ4v) is 1.66. The molecule has 2 N–H and O–H groups in total. The van der Waals surface area contributed by atoms with Gasteiger partial charge in [-0.15, -0.1) is 0 Å². The summed E-state index contributed by atoms with van der Waals surface area (Å²) in [6, 6.07) is 5.89. The molecule has 2 aromatic rings. The highest BCUT2D eigenvalue weighted by atomic mass is 16.5. The fraction of sp³-hybridized carbons (Fsp3) is 0.143. The molecule has 2 aromatic heterocycles. The summed E-state index contributed by atoms with van der Waals surface area (Å²) in [6.07, 6.45) is 1.32. The van der Waals surface area contributed by atoms with Gasteiger partial charge < -0.3 is 15.0 Å². The highest BCUT2D eigenvalue weighted by molar-refractivity contribution is 6.04. The van der Waals surface area contributed by atoms with Crippen LogP contribution in [0.25, 0.3) is 0 Å². The van der Waals surface area contributed by atoms with Crippen LogP contribution in [0.3, 0.4) is 0 Å². The summed E-state index contributed by atoms with van der Waals surface area (Å²) in [7, 11) is 1.24. The van der Waals surface area contributed by atoms with Crippen LogP contribution in [0.4, 0.5) is 5.69 Å². The molecule has 7 nitrogen and oxygen atoms in total. The number of aromatic amines is 1. The third kappa shape index (κ3) is 3.33. The van der Waals surface area contributed by atoms with Crippen molar-refractivity contribution in [2.24, 2.45) is 0 Å². The van der Waals surface area contributed by atoms with E-state index in [0.29, 0.717) is 5.69 Å². The SMILES string of the molecule is COC(=O)c1ccnc(C(=O)Nc2ccc(C)[nH]c2=O)c1. The Morgan fingerprint density at radius 2 is 2.05 bits per heavy atom. The molecule has 0 aliphatic heterocycles. The molecule has 0 aromatic carbocycles. The standard InChI is InChI=1S/C14H13N3O4/c1-8-3-4-10(12(18)16-8)17-13(19)11-7-9(5-6-15-11)14(20)21-2/h3-7H,1-2H3,(H,16,18)(H,17,19). The predicted octanol–water partition coefficient (Wildman–Crippen LogP) is 1.12. The number of hydrogen-bond donors (Lipinski definition) is 2. The van der Waals surface area contributed by atoms with E-state index in [9.17, 15) is 14.4 Å². The molecular formula is C14H13N3O4. The molecule has 0 saturated carbocycles. The number of carbonyl (C=O) groups is 2. The molecule has 7 heteroatoms. The van der Waals surface area contributed by atoms with Crippen molar-refractivity contribution in [2.45, 2.75) is 6.92 Å². The maximum atomic E-state index is 12.0. The van der Waals surface area contributed by atoms with Crippen molar-refractivity contribution in [2.75, 3.05) is 12.4 Å². The minimum atomic E-state index is -0.588. The van der Waals surface area contributed by atoms with Crippen molar-refractivity contribution < 1.29 is 14.3 Å². The van der Waals surface area contributed by atoms with Crippen LogP contribution in [-0.4, -0.2) is 29.0 Å². The van der Waals surface area contributed by atoms with Gasteiger partial charge in [-0.3, -0.25) is 14.6 Å². The molecule has 0 saturated heterocycles. The number of rotatable bonds is 3. The van der Waals surface area contributed by atoms with Crippen LogP contribution in [0.5, 0.6) is 0 Å². The van der Waals surface area contributed by atoms with Gasteiger partial charge in [-0.05, 0) is 31.2 Å². The molecule has 0 fully saturated rings. The van der Waals surface area contributed by atoms with Crippen molar-refractivity contribution in [1.82, 2.24) is 9.97 Å². The summed E-state index contributed by atoms with van der Waals surface area (Å²) in [4.78, 5) is 41.5. The van der Waals surface area contributed by atoms with Crippen LogP contribution in [-0.2, 0) is 4.74 Å². The molecule has 108 valence electrons. The van der Waals surface area contributed by atoms with Crippen LogP contribution >= 0.6 is 0 Å². The van der Waals surface area contributed by atoms with E-state index in [1.165, 1.54) is 31.5 Å². The van der Waals surface area contributed by atoms with Crippen LogP contribution in [0.2, 0.25) is 0 Å². The van der Waals surface area contributed by atoms with Gasteiger partial charge in [0.05, 0.1) is 12.7 Å². The lowest BCUT2D eigenvalue weighted by Crippen LogP contribution is -2.21. The molecule has 2 heterocycles. The molecule has 0 bridgehead atoms. The number of H-pyrrole nitrogens is 1. The summed E-state index contributed by atoms with van der Waals surface area (Å²) >= 11 is 0. The quantitative estimate of drug-likeness (QED) is 0.824. The first-order valence-corrected chi connectivity index (χ1v) is 6.07. The highest BCUT2D eigenvalue weighted by Crippen LogP contribution is 2.06. The average Bonchev–Trinajstić information content (AvgIpc) is 2.49. The molecule has 0 radical (unpaired) electrons. The molecule has 2 rings (SSSR count). The number of carbonyl (C=O) groups excluding carboxylic acids is 2. The van der Waals surface area contributed by atoms with Crippen LogP contribution in [0.1, 0.15) is 26.5 Å². The molecule has 0 aliphatic rings. The molecule has 0 atom stereocenters. The van der Waals surface area contributed by atoms with Gasteiger partial charge in [0.1, 0.15) is 11.4 Å². The van der Waals surface area contributed by atoms with E-state index in [2.05, 4.69) is 20.0 Å². The number of anilines is 1. The Labute approximate surface area is 120 Å². The van der Waals surface area contributed by atoms with Gasteiger partial charge in [0.25, 0.3) is 11.5 Å².